The molecule has 0 radical (unpaired) electrons. The van der Waals surface area contributed by atoms with Gasteiger partial charge in [0, 0.05) is 39.1 Å². The predicted molar refractivity (Wildman–Crippen MR) is 199 cm³/mol. The molecular weight excluding hydrogens is 617 g/mol. The number of furan rings is 1. The van der Waals surface area contributed by atoms with Gasteiger partial charge >= 0.3 is 0 Å². The molecule has 0 unspecified atom stereocenters. The van der Waals surface area contributed by atoms with Crippen LogP contribution in [-0.4, -0.2) is 19.9 Å². The Morgan fingerprint density at radius 1 is 0.320 bits per heavy atom. The smallest absolute Gasteiger partial charge is 0.227 e. The molecule has 6 heteroatoms. The molecule has 0 bridgehead atoms. The molecule has 0 spiro atoms. The first-order valence-electron chi connectivity index (χ1n) is 16.5. The van der Waals surface area contributed by atoms with Gasteiger partial charge in [-0.3, -0.25) is 0 Å². The van der Waals surface area contributed by atoms with Gasteiger partial charge in [0.05, 0.1) is 0 Å². The molecule has 0 saturated heterocycles. The summed E-state index contributed by atoms with van der Waals surface area (Å²) < 4.78 is 12.3. The van der Waals surface area contributed by atoms with Gasteiger partial charge in [-0.2, -0.15) is 0 Å². The summed E-state index contributed by atoms with van der Waals surface area (Å²) >= 11 is 0. The lowest BCUT2D eigenvalue weighted by Crippen LogP contribution is -2.00. The van der Waals surface area contributed by atoms with Crippen LogP contribution >= 0.6 is 0 Å². The summed E-state index contributed by atoms with van der Waals surface area (Å²) in [6.07, 6.45) is 0. The zero-order chi connectivity index (χ0) is 33.0. The van der Waals surface area contributed by atoms with Gasteiger partial charge in [0.25, 0.3) is 0 Å². The van der Waals surface area contributed by atoms with E-state index in [2.05, 4.69) is 66.7 Å². The van der Waals surface area contributed by atoms with Crippen LogP contribution in [0.25, 0.3) is 101 Å². The van der Waals surface area contributed by atoms with E-state index >= 15 is 0 Å². The number of rotatable bonds is 5. The molecule has 0 atom stereocenters. The third-order valence-corrected chi connectivity index (χ3v) is 9.19. The standard InChI is InChI=1S/C44H26N4O2/c1-3-11-28(12-4-1)41-46-42(29-13-5-2-6-14-29)48-43(47-41)35-24-23-31(32-15-7-8-16-33(32)35)27-19-21-30(22-20-27)44-45-37-26-39-36(25-40(37)50-44)34-17-9-10-18-38(34)49-39/h1-26H. The molecule has 3 heterocycles. The maximum Gasteiger partial charge on any atom is 0.227 e. The van der Waals surface area contributed by atoms with Crippen molar-refractivity contribution in [3.63, 3.8) is 0 Å². The van der Waals surface area contributed by atoms with Gasteiger partial charge in [-0.1, -0.05) is 121 Å². The number of aromatic nitrogens is 4. The number of para-hydroxylation sites is 1. The van der Waals surface area contributed by atoms with Gasteiger partial charge in [0.2, 0.25) is 5.89 Å². The van der Waals surface area contributed by atoms with Crippen LogP contribution in [0, 0.1) is 0 Å². The van der Waals surface area contributed by atoms with Crippen LogP contribution in [-0.2, 0) is 0 Å². The molecule has 7 aromatic carbocycles. The minimum absolute atomic E-state index is 0.571. The summed E-state index contributed by atoms with van der Waals surface area (Å²) in [6, 6.07) is 53.2. The summed E-state index contributed by atoms with van der Waals surface area (Å²) in [5.41, 5.74) is 9.08. The van der Waals surface area contributed by atoms with Crippen molar-refractivity contribution >= 4 is 43.8 Å². The van der Waals surface area contributed by atoms with Crippen LogP contribution in [0.1, 0.15) is 0 Å². The van der Waals surface area contributed by atoms with Crippen molar-refractivity contribution in [3.05, 3.63) is 158 Å². The molecule has 0 amide bonds. The van der Waals surface area contributed by atoms with Gasteiger partial charge in [0.1, 0.15) is 16.7 Å². The van der Waals surface area contributed by atoms with E-state index in [9.17, 15) is 0 Å². The van der Waals surface area contributed by atoms with Crippen LogP contribution in [0.5, 0.6) is 0 Å². The number of nitrogens with zero attached hydrogens (tertiary/aromatic N) is 4. The van der Waals surface area contributed by atoms with Crippen LogP contribution in [0.3, 0.4) is 0 Å². The molecule has 50 heavy (non-hydrogen) atoms. The molecule has 0 N–H and O–H groups in total. The zero-order valence-electron chi connectivity index (χ0n) is 26.6. The van der Waals surface area contributed by atoms with Gasteiger partial charge in [0.15, 0.2) is 23.1 Å². The Morgan fingerprint density at radius 2 is 0.880 bits per heavy atom. The lowest BCUT2D eigenvalue weighted by molar-refractivity contribution is 0.620. The van der Waals surface area contributed by atoms with E-state index < -0.39 is 0 Å². The van der Waals surface area contributed by atoms with E-state index in [1.54, 1.807) is 0 Å². The molecule has 0 saturated carbocycles. The predicted octanol–water partition coefficient (Wildman–Crippen LogP) is 11.4. The number of hydrogen-bond donors (Lipinski definition) is 0. The van der Waals surface area contributed by atoms with Gasteiger partial charge in [-0.15, -0.1) is 0 Å². The largest absolute Gasteiger partial charge is 0.456 e. The molecule has 0 aliphatic carbocycles. The molecule has 0 aliphatic heterocycles. The number of hydrogen-bond acceptors (Lipinski definition) is 6. The number of fused-ring (bicyclic) bond motifs is 5. The van der Waals surface area contributed by atoms with Crippen LogP contribution in [0.4, 0.5) is 0 Å². The molecule has 10 rings (SSSR count). The van der Waals surface area contributed by atoms with Crippen molar-refractivity contribution in [3.8, 4) is 56.7 Å². The Hall–Kier alpha value is -6.92. The highest BCUT2D eigenvalue weighted by atomic mass is 16.4. The minimum Gasteiger partial charge on any atom is -0.456 e. The lowest BCUT2D eigenvalue weighted by Gasteiger charge is -2.13. The SMILES string of the molecule is c1ccc(-c2nc(-c3ccccc3)nc(-c3ccc(-c4ccc(-c5nc6cc7oc8ccccc8c7cc6o5)cc4)c4ccccc34)n2)cc1. The van der Waals surface area contributed by atoms with Crippen LogP contribution < -0.4 is 0 Å². The Bertz CT molecular complexity index is 2800. The molecule has 10 aromatic rings. The number of oxazole rings is 1. The fourth-order valence-electron chi connectivity index (χ4n) is 6.74. The average Bonchev–Trinajstić information content (AvgIpc) is 3.77. The topological polar surface area (TPSA) is 77.8 Å². The van der Waals surface area contributed by atoms with E-state index in [1.165, 1.54) is 0 Å². The van der Waals surface area contributed by atoms with Gasteiger partial charge in [-0.25, -0.2) is 19.9 Å². The quantitative estimate of drug-likeness (QED) is 0.186. The highest BCUT2D eigenvalue weighted by molar-refractivity contribution is 6.09. The Labute approximate surface area is 286 Å². The summed E-state index contributed by atoms with van der Waals surface area (Å²) in [6.45, 7) is 0. The molecule has 234 valence electrons. The summed E-state index contributed by atoms with van der Waals surface area (Å²) in [5.74, 6) is 2.48. The fourth-order valence-corrected chi connectivity index (χ4v) is 6.74. The second-order valence-electron chi connectivity index (χ2n) is 12.3. The zero-order valence-corrected chi connectivity index (χ0v) is 26.6. The highest BCUT2D eigenvalue weighted by Crippen LogP contribution is 2.38. The summed E-state index contributed by atoms with van der Waals surface area (Å²) in [7, 11) is 0. The second-order valence-corrected chi connectivity index (χ2v) is 12.3. The summed E-state index contributed by atoms with van der Waals surface area (Å²) in [4.78, 5) is 19.7. The third kappa shape index (κ3) is 4.73. The Balaban J connectivity index is 1.04. The first-order valence-corrected chi connectivity index (χ1v) is 16.5. The maximum atomic E-state index is 6.27. The van der Waals surface area contributed by atoms with Crippen molar-refractivity contribution in [2.45, 2.75) is 0 Å². The van der Waals surface area contributed by atoms with Gasteiger partial charge in [-0.05, 0) is 52.2 Å². The first kappa shape index (κ1) is 28.1. The van der Waals surface area contributed by atoms with Crippen molar-refractivity contribution in [2.75, 3.05) is 0 Å². The van der Waals surface area contributed by atoms with E-state index in [0.717, 1.165) is 77.2 Å². The Morgan fingerprint density at radius 3 is 1.58 bits per heavy atom. The van der Waals surface area contributed by atoms with Gasteiger partial charge < -0.3 is 8.83 Å². The fraction of sp³-hybridized carbons (Fsp3) is 0. The van der Waals surface area contributed by atoms with Crippen molar-refractivity contribution in [2.24, 2.45) is 0 Å². The molecular formula is C44H26N4O2. The lowest BCUT2D eigenvalue weighted by atomic mass is 9.94. The minimum atomic E-state index is 0.571. The van der Waals surface area contributed by atoms with E-state index in [1.807, 2.05) is 91.0 Å². The maximum absolute atomic E-state index is 6.27. The van der Waals surface area contributed by atoms with E-state index in [0.29, 0.717) is 23.4 Å². The average molecular weight is 643 g/mol. The first-order chi connectivity index (χ1) is 24.7. The Kier molecular flexibility index (Phi) is 6.39. The normalized spacial score (nSPS) is 11.6. The van der Waals surface area contributed by atoms with E-state index in [-0.39, 0.29) is 0 Å². The molecule has 6 nitrogen and oxygen atoms in total. The number of benzene rings is 7. The van der Waals surface area contributed by atoms with Crippen LogP contribution in [0.2, 0.25) is 0 Å². The third-order valence-electron chi connectivity index (χ3n) is 9.19. The monoisotopic (exact) mass is 642 g/mol. The van der Waals surface area contributed by atoms with Crippen molar-refractivity contribution in [1.29, 1.82) is 0 Å². The molecule has 0 fully saturated rings. The summed E-state index contributed by atoms with van der Waals surface area (Å²) in [5, 5.41) is 4.26. The molecule has 0 aliphatic rings. The van der Waals surface area contributed by atoms with Crippen molar-refractivity contribution in [1.82, 2.24) is 19.9 Å². The molecule has 3 aromatic heterocycles. The van der Waals surface area contributed by atoms with E-state index in [4.69, 9.17) is 28.8 Å². The highest BCUT2D eigenvalue weighted by Gasteiger charge is 2.17. The second kappa shape index (κ2) is 11.4. The van der Waals surface area contributed by atoms with Crippen LogP contribution in [0.15, 0.2) is 167 Å². The van der Waals surface area contributed by atoms with Crippen molar-refractivity contribution < 1.29 is 8.83 Å².